The van der Waals surface area contributed by atoms with E-state index in [-0.39, 0.29) is 5.92 Å². The summed E-state index contributed by atoms with van der Waals surface area (Å²) in [5, 5.41) is 11.5. The maximum absolute atomic E-state index is 11.9. The van der Waals surface area contributed by atoms with Crippen molar-refractivity contribution in [1.82, 2.24) is 5.32 Å². The van der Waals surface area contributed by atoms with Crippen molar-refractivity contribution >= 4 is 17.6 Å². The Hall–Kier alpha value is -2.04. The van der Waals surface area contributed by atoms with Crippen LogP contribution in [0, 0.1) is 5.92 Å². The number of nitrogen functional groups attached to an aromatic ring is 1. The van der Waals surface area contributed by atoms with Crippen molar-refractivity contribution < 1.29 is 14.7 Å². The Labute approximate surface area is 106 Å². The van der Waals surface area contributed by atoms with Crippen molar-refractivity contribution in [3.8, 4) is 0 Å². The van der Waals surface area contributed by atoms with Gasteiger partial charge in [0.2, 0.25) is 0 Å². The molecule has 0 saturated carbocycles. The number of carbonyl (C=O) groups is 2. The monoisotopic (exact) mass is 250 g/mol. The number of benzene rings is 1. The summed E-state index contributed by atoms with van der Waals surface area (Å²) in [6, 6.07) is 5.68. The number of carbonyl (C=O) groups excluding carboxylic acids is 1. The van der Waals surface area contributed by atoms with Gasteiger partial charge in [0.1, 0.15) is 6.04 Å². The zero-order valence-corrected chi connectivity index (χ0v) is 10.5. The highest BCUT2D eigenvalue weighted by Crippen LogP contribution is 2.12. The summed E-state index contributed by atoms with van der Waals surface area (Å²) < 4.78 is 0. The lowest BCUT2D eigenvalue weighted by Gasteiger charge is -2.17. The van der Waals surface area contributed by atoms with Crippen molar-refractivity contribution in [2.24, 2.45) is 5.92 Å². The fourth-order valence-electron chi connectivity index (χ4n) is 1.63. The SMILES string of the molecule is CC(C)C[C@H](NC(=O)c1ccccc1N)C(=O)O. The summed E-state index contributed by atoms with van der Waals surface area (Å²) in [6.07, 6.45) is 0.383. The van der Waals surface area contributed by atoms with E-state index >= 15 is 0 Å². The highest BCUT2D eigenvalue weighted by Gasteiger charge is 2.22. The van der Waals surface area contributed by atoms with Crippen molar-refractivity contribution in [1.29, 1.82) is 0 Å². The molecule has 0 bridgehead atoms. The number of para-hydroxylation sites is 1. The minimum Gasteiger partial charge on any atom is -0.480 e. The minimum atomic E-state index is -1.04. The average molecular weight is 250 g/mol. The first-order valence-corrected chi connectivity index (χ1v) is 5.80. The fourth-order valence-corrected chi connectivity index (χ4v) is 1.63. The van der Waals surface area contributed by atoms with Gasteiger partial charge in [0.15, 0.2) is 0 Å². The molecule has 1 amide bonds. The Kier molecular flexibility index (Phi) is 4.71. The molecule has 4 N–H and O–H groups in total. The quantitative estimate of drug-likeness (QED) is 0.690. The van der Waals surface area contributed by atoms with Crippen LogP contribution in [0.1, 0.15) is 30.6 Å². The van der Waals surface area contributed by atoms with Gasteiger partial charge < -0.3 is 16.2 Å². The molecule has 0 aliphatic rings. The number of hydrogen-bond donors (Lipinski definition) is 3. The Morgan fingerprint density at radius 3 is 2.44 bits per heavy atom. The van der Waals surface area contributed by atoms with E-state index in [4.69, 9.17) is 10.8 Å². The number of aliphatic carboxylic acids is 1. The van der Waals surface area contributed by atoms with Crippen LogP contribution < -0.4 is 11.1 Å². The maximum atomic E-state index is 11.9. The van der Waals surface area contributed by atoms with Crippen LogP contribution in [0.3, 0.4) is 0 Å². The summed E-state index contributed by atoms with van der Waals surface area (Å²) in [6.45, 7) is 3.80. The van der Waals surface area contributed by atoms with E-state index in [2.05, 4.69) is 5.32 Å². The molecule has 5 heteroatoms. The van der Waals surface area contributed by atoms with Gasteiger partial charge in [-0.1, -0.05) is 26.0 Å². The maximum Gasteiger partial charge on any atom is 0.326 e. The van der Waals surface area contributed by atoms with Crippen LogP contribution >= 0.6 is 0 Å². The second-order valence-corrected chi connectivity index (χ2v) is 4.58. The summed E-state index contributed by atoms with van der Waals surface area (Å²) in [5.41, 5.74) is 6.30. The van der Waals surface area contributed by atoms with Gasteiger partial charge in [-0.05, 0) is 24.5 Å². The molecular formula is C13H18N2O3. The summed E-state index contributed by atoms with van der Waals surface area (Å²) in [4.78, 5) is 22.9. The molecule has 0 aliphatic heterocycles. The van der Waals surface area contributed by atoms with Gasteiger partial charge in [-0.25, -0.2) is 4.79 Å². The topological polar surface area (TPSA) is 92.4 Å². The van der Waals surface area contributed by atoms with Crippen LogP contribution in [0.25, 0.3) is 0 Å². The molecule has 0 radical (unpaired) electrons. The van der Waals surface area contributed by atoms with E-state index in [9.17, 15) is 9.59 Å². The lowest BCUT2D eigenvalue weighted by molar-refractivity contribution is -0.139. The van der Waals surface area contributed by atoms with Crippen LogP contribution in [0.15, 0.2) is 24.3 Å². The number of nitrogens with one attached hydrogen (secondary N) is 1. The number of carboxylic acid groups (broad SMARTS) is 1. The summed E-state index contributed by atoms with van der Waals surface area (Å²) in [7, 11) is 0. The number of amides is 1. The third kappa shape index (κ3) is 3.76. The first-order chi connectivity index (χ1) is 8.41. The number of hydrogen-bond acceptors (Lipinski definition) is 3. The van der Waals surface area contributed by atoms with E-state index in [1.165, 1.54) is 0 Å². The van der Waals surface area contributed by atoms with Crippen LogP contribution in [0.4, 0.5) is 5.69 Å². The second kappa shape index (κ2) is 6.05. The van der Waals surface area contributed by atoms with E-state index in [0.717, 1.165) is 0 Å². The Balaban J connectivity index is 2.79. The second-order valence-electron chi connectivity index (χ2n) is 4.58. The number of carboxylic acids is 1. The van der Waals surface area contributed by atoms with E-state index in [1.54, 1.807) is 24.3 Å². The molecule has 1 aromatic rings. The third-order valence-electron chi connectivity index (χ3n) is 2.52. The molecule has 98 valence electrons. The molecule has 0 aromatic heterocycles. The average Bonchev–Trinajstić information content (AvgIpc) is 2.27. The molecule has 1 aromatic carbocycles. The smallest absolute Gasteiger partial charge is 0.326 e. The molecule has 0 spiro atoms. The van der Waals surface area contributed by atoms with Crippen molar-refractivity contribution in [3.05, 3.63) is 29.8 Å². The number of rotatable bonds is 5. The largest absolute Gasteiger partial charge is 0.480 e. The van der Waals surface area contributed by atoms with Crippen LogP contribution in [-0.4, -0.2) is 23.0 Å². The first kappa shape index (κ1) is 14.0. The molecule has 1 atom stereocenters. The Bertz CT molecular complexity index is 444. The molecule has 0 heterocycles. The lowest BCUT2D eigenvalue weighted by atomic mass is 10.0. The van der Waals surface area contributed by atoms with E-state index in [1.807, 2.05) is 13.8 Å². The standard InChI is InChI=1S/C13H18N2O3/c1-8(2)7-11(13(17)18)15-12(16)9-5-3-4-6-10(9)14/h3-6,8,11H,7,14H2,1-2H3,(H,15,16)(H,17,18)/t11-/m0/s1. The number of nitrogens with two attached hydrogens (primary N) is 1. The molecule has 5 nitrogen and oxygen atoms in total. The normalized spacial score (nSPS) is 12.2. The summed E-state index contributed by atoms with van der Waals surface area (Å²) >= 11 is 0. The van der Waals surface area contributed by atoms with E-state index in [0.29, 0.717) is 17.7 Å². The van der Waals surface area contributed by atoms with Crippen molar-refractivity contribution in [2.45, 2.75) is 26.3 Å². The highest BCUT2D eigenvalue weighted by molar-refractivity contribution is 6.00. The number of anilines is 1. The van der Waals surface area contributed by atoms with Gasteiger partial charge in [0.25, 0.3) is 5.91 Å². The zero-order valence-electron chi connectivity index (χ0n) is 10.5. The van der Waals surface area contributed by atoms with Crippen molar-refractivity contribution in [3.63, 3.8) is 0 Å². The van der Waals surface area contributed by atoms with Gasteiger partial charge in [-0.15, -0.1) is 0 Å². The third-order valence-corrected chi connectivity index (χ3v) is 2.52. The highest BCUT2D eigenvalue weighted by atomic mass is 16.4. The van der Waals surface area contributed by atoms with Gasteiger partial charge in [0, 0.05) is 5.69 Å². The molecular weight excluding hydrogens is 232 g/mol. The molecule has 0 unspecified atom stereocenters. The van der Waals surface area contributed by atoms with Gasteiger partial charge >= 0.3 is 5.97 Å². The van der Waals surface area contributed by atoms with Gasteiger partial charge in [0.05, 0.1) is 5.56 Å². The molecule has 1 rings (SSSR count). The predicted octanol–water partition coefficient (Wildman–Crippen LogP) is 1.50. The van der Waals surface area contributed by atoms with Gasteiger partial charge in [-0.3, -0.25) is 4.79 Å². The van der Waals surface area contributed by atoms with Crippen LogP contribution in [0.2, 0.25) is 0 Å². The van der Waals surface area contributed by atoms with Crippen LogP contribution in [0.5, 0.6) is 0 Å². The minimum absolute atomic E-state index is 0.180. The first-order valence-electron chi connectivity index (χ1n) is 5.80. The van der Waals surface area contributed by atoms with E-state index < -0.39 is 17.9 Å². The summed E-state index contributed by atoms with van der Waals surface area (Å²) in [5.74, 6) is -1.31. The molecule has 18 heavy (non-hydrogen) atoms. The van der Waals surface area contributed by atoms with Gasteiger partial charge in [-0.2, -0.15) is 0 Å². The molecule has 0 fully saturated rings. The zero-order chi connectivity index (χ0) is 13.7. The predicted molar refractivity (Wildman–Crippen MR) is 69.2 cm³/mol. The molecule has 0 aliphatic carbocycles. The Morgan fingerprint density at radius 1 is 1.33 bits per heavy atom. The fraction of sp³-hybridized carbons (Fsp3) is 0.385. The molecule has 0 saturated heterocycles. The van der Waals surface area contributed by atoms with Crippen molar-refractivity contribution in [2.75, 3.05) is 5.73 Å². The lowest BCUT2D eigenvalue weighted by Crippen LogP contribution is -2.41. The Morgan fingerprint density at radius 2 is 1.94 bits per heavy atom. The van der Waals surface area contributed by atoms with Crippen LogP contribution in [-0.2, 0) is 4.79 Å².